The predicted molar refractivity (Wildman–Crippen MR) is 179 cm³/mol. The third-order valence-electron chi connectivity index (χ3n) is 9.03. The number of alkyl halides is 1. The van der Waals surface area contributed by atoms with Crippen molar-refractivity contribution in [2.45, 2.75) is 49.7 Å². The number of nitrogens with zero attached hydrogens (tertiary/aromatic N) is 5. The summed E-state index contributed by atoms with van der Waals surface area (Å²) < 4.78 is 24.9. The van der Waals surface area contributed by atoms with Crippen molar-refractivity contribution >= 4 is 30.7 Å². The van der Waals surface area contributed by atoms with Crippen molar-refractivity contribution in [3.05, 3.63) is 83.2 Å². The molecule has 3 heterocycles. The van der Waals surface area contributed by atoms with Gasteiger partial charge in [0.05, 0.1) is 19.3 Å². The molecule has 3 fully saturated rings. The average molecular weight is 677 g/mol. The zero-order chi connectivity index (χ0) is 30.5. The summed E-state index contributed by atoms with van der Waals surface area (Å²) >= 11 is 0. The Hall–Kier alpha value is -3.02. The molecule has 12 heteroatoms. The number of hydrogen-bond donors (Lipinski definition) is 1. The van der Waals surface area contributed by atoms with E-state index in [1.165, 1.54) is 11.1 Å². The van der Waals surface area contributed by atoms with Crippen molar-refractivity contribution in [2.75, 3.05) is 59.7 Å². The number of ether oxygens (including phenoxy) is 2. The Morgan fingerprint density at radius 2 is 1.61 bits per heavy atom. The lowest BCUT2D eigenvalue weighted by atomic mass is 9.81. The molecule has 0 spiro atoms. The lowest BCUT2D eigenvalue weighted by molar-refractivity contribution is -0.137. The van der Waals surface area contributed by atoms with Crippen LogP contribution in [0.25, 0.3) is 0 Å². The molecule has 0 unspecified atom stereocenters. The molecular weight excluding hydrogens is 632 g/mol. The van der Waals surface area contributed by atoms with Crippen molar-refractivity contribution in [3.8, 4) is 11.8 Å². The molecule has 9 nitrogen and oxygen atoms in total. The number of carbonyl (C=O) groups excluding carboxylic acids is 1. The van der Waals surface area contributed by atoms with Gasteiger partial charge < -0.3 is 19.5 Å². The maximum atomic E-state index is 13.3. The maximum absolute atomic E-state index is 13.3. The second-order valence-corrected chi connectivity index (χ2v) is 12.0. The molecule has 250 valence electrons. The van der Waals surface area contributed by atoms with Gasteiger partial charge in [0.1, 0.15) is 19.1 Å². The number of hydrogen-bond acceptors (Lipinski definition) is 8. The normalized spacial score (nSPS) is 20.0. The van der Waals surface area contributed by atoms with Gasteiger partial charge in [0.2, 0.25) is 17.7 Å². The zero-order valence-electron chi connectivity index (χ0n) is 26.2. The van der Waals surface area contributed by atoms with Crippen LogP contribution in [0.15, 0.2) is 60.7 Å². The van der Waals surface area contributed by atoms with Crippen LogP contribution in [0, 0.1) is 0 Å². The fourth-order valence-electron chi connectivity index (χ4n) is 6.84. The smallest absolute Gasteiger partial charge is 0.225 e. The summed E-state index contributed by atoms with van der Waals surface area (Å²) in [6, 6.07) is 21.4. The molecule has 2 aliphatic heterocycles. The summed E-state index contributed by atoms with van der Waals surface area (Å²) in [6.07, 6.45) is 2.19. The van der Waals surface area contributed by atoms with Gasteiger partial charge in [-0.2, -0.15) is 9.97 Å². The number of carbonyl (C=O) groups is 1. The average Bonchev–Trinajstić information content (AvgIpc) is 3.91. The van der Waals surface area contributed by atoms with Crippen LogP contribution in [0.1, 0.15) is 53.6 Å². The second-order valence-electron chi connectivity index (χ2n) is 12.0. The van der Waals surface area contributed by atoms with E-state index in [4.69, 9.17) is 19.4 Å². The molecule has 46 heavy (non-hydrogen) atoms. The van der Waals surface area contributed by atoms with E-state index >= 15 is 0 Å². The number of rotatable bonds is 12. The van der Waals surface area contributed by atoms with Crippen LogP contribution in [0.3, 0.4) is 0 Å². The lowest BCUT2D eigenvalue weighted by Gasteiger charge is -2.53. The van der Waals surface area contributed by atoms with Crippen molar-refractivity contribution in [3.63, 3.8) is 0 Å². The molecule has 6 rings (SSSR count). The molecule has 1 N–H and O–H groups in total. The van der Waals surface area contributed by atoms with Gasteiger partial charge in [-0.3, -0.25) is 14.6 Å². The highest BCUT2D eigenvalue weighted by molar-refractivity contribution is 5.85. The molecule has 3 aliphatic rings. The molecule has 2 aromatic carbocycles. The van der Waals surface area contributed by atoms with E-state index < -0.39 is 6.67 Å². The molecule has 1 saturated carbocycles. The highest BCUT2D eigenvalue weighted by atomic mass is 35.5. The van der Waals surface area contributed by atoms with Crippen LogP contribution in [-0.2, 0) is 11.3 Å². The number of methoxy groups -OCH3 is 1. The van der Waals surface area contributed by atoms with Crippen LogP contribution in [-0.4, -0.2) is 107 Å². The van der Waals surface area contributed by atoms with Gasteiger partial charge >= 0.3 is 0 Å². The van der Waals surface area contributed by atoms with Crippen molar-refractivity contribution in [1.82, 2.24) is 24.7 Å². The molecule has 1 aliphatic carbocycles. The standard InChI is InChI=1S/C34H42FN5O4.2ClH/c1-43-33-28(34(44-19-15-35)37-32(36-33)26-12-13-26)22-38-20-27-21-39(30(42)14-18-41)16-17-40(27)29(23-38)31(24-8-4-2-5-9-24)25-10-6-3-7-11-25;;/h2-11,26-27,29,31,41H,12-23H2,1H3;2*1H/t27-,29+;;/m1../s1. The van der Waals surface area contributed by atoms with Crippen molar-refractivity contribution in [2.24, 2.45) is 0 Å². The molecule has 0 bridgehead atoms. The van der Waals surface area contributed by atoms with Crippen molar-refractivity contribution in [1.29, 1.82) is 0 Å². The Kier molecular flexibility index (Phi) is 13.0. The second kappa shape index (κ2) is 16.7. The van der Waals surface area contributed by atoms with E-state index in [9.17, 15) is 14.3 Å². The SMILES string of the molecule is COc1nc(C2CC2)nc(OCCF)c1CN1C[C@@H]2CN(C(=O)CCO)CCN2[C@H](C(c2ccccc2)c2ccccc2)C1.Cl.Cl. The van der Waals surface area contributed by atoms with E-state index in [-0.39, 0.29) is 68.4 Å². The Labute approximate surface area is 282 Å². The highest BCUT2D eigenvalue weighted by Gasteiger charge is 2.43. The zero-order valence-corrected chi connectivity index (χ0v) is 27.8. The van der Waals surface area contributed by atoms with Gasteiger partial charge in [-0.25, -0.2) is 4.39 Å². The molecule has 1 amide bonds. The van der Waals surface area contributed by atoms with E-state index in [2.05, 4.69) is 58.3 Å². The van der Waals surface area contributed by atoms with Crippen LogP contribution >= 0.6 is 24.8 Å². The third kappa shape index (κ3) is 8.09. The summed E-state index contributed by atoms with van der Waals surface area (Å²) in [4.78, 5) is 29.2. The molecular formula is C34H44Cl2FN5O4. The minimum absolute atomic E-state index is 0. The monoisotopic (exact) mass is 675 g/mol. The Morgan fingerprint density at radius 1 is 0.957 bits per heavy atom. The van der Waals surface area contributed by atoms with Crippen LogP contribution in [0.4, 0.5) is 4.39 Å². The summed E-state index contributed by atoms with van der Waals surface area (Å²) in [5.74, 6) is 1.93. The number of halogens is 3. The van der Waals surface area contributed by atoms with E-state index in [0.29, 0.717) is 49.7 Å². The first kappa shape index (κ1) is 35.8. The number of aliphatic hydroxyl groups is 1. The summed E-state index contributed by atoms with van der Waals surface area (Å²) in [5.41, 5.74) is 3.20. The Balaban J connectivity index is 0.00000240. The molecule has 1 aromatic heterocycles. The van der Waals surface area contributed by atoms with Crippen LogP contribution in [0.5, 0.6) is 11.8 Å². The molecule has 2 saturated heterocycles. The largest absolute Gasteiger partial charge is 0.481 e. The number of benzene rings is 2. The van der Waals surface area contributed by atoms with Crippen LogP contribution < -0.4 is 9.47 Å². The highest BCUT2D eigenvalue weighted by Crippen LogP contribution is 2.41. The number of aliphatic hydroxyl groups excluding tert-OH is 1. The number of amides is 1. The topological polar surface area (TPSA) is 91.3 Å². The van der Waals surface area contributed by atoms with Crippen molar-refractivity contribution < 1.29 is 23.8 Å². The first-order valence-electron chi connectivity index (χ1n) is 15.7. The van der Waals surface area contributed by atoms with Gasteiger partial charge in [-0.1, -0.05) is 60.7 Å². The summed E-state index contributed by atoms with van der Waals surface area (Å²) in [7, 11) is 1.61. The fourth-order valence-corrected chi connectivity index (χ4v) is 6.84. The van der Waals surface area contributed by atoms with Gasteiger partial charge in [-0.15, -0.1) is 24.8 Å². The third-order valence-corrected chi connectivity index (χ3v) is 9.03. The minimum Gasteiger partial charge on any atom is -0.481 e. The van der Waals surface area contributed by atoms with E-state index in [0.717, 1.165) is 31.5 Å². The van der Waals surface area contributed by atoms with Gasteiger partial charge in [0, 0.05) is 69.6 Å². The predicted octanol–water partition coefficient (Wildman–Crippen LogP) is 4.47. The van der Waals surface area contributed by atoms with E-state index in [1.807, 2.05) is 17.0 Å². The van der Waals surface area contributed by atoms with Gasteiger partial charge in [0.25, 0.3) is 0 Å². The maximum Gasteiger partial charge on any atom is 0.225 e. The van der Waals surface area contributed by atoms with Gasteiger partial charge in [-0.05, 0) is 24.0 Å². The minimum atomic E-state index is -0.610. The molecule has 0 radical (unpaired) electrons. The van der Waals surface area contributed by atoms with Gasteiger partial charge in [0.15, 0.2) is 0 Å². The first-order chi connectivity index (χ1) is 21.6. The quantitative estimate of drug-likeness (QED) is 0.301. The number of piperazine rings is 2. The van der Waals surface area contributed by atoms with Crippen LogP contribution in [0.2, 0.25) is 0 Å². The fraction of sp³-hybridized carbons (Fsp3) is 0.500. The number of fused-ring (bicyclic) bond motifs is 1. The molecule has 2 atom stereocenters. The first-order valence-corrected chi connectivity index (χ1v) is 15.7. The molecule has 3 aromatic rings. The summed E-state index contributed by atoms with van der Waals surface area (Å²) in [5, 5.41) is 9.44. The Morgan fingerprint density at radius 3 is 2.20 bits per heavy atom. The summed E-state index contributed by atoms with van der Waals surface area (Å²) in [6.45, 7) is 3.07. The Bertz CT molecular complexity index is 1370. The van der Waals surface area contributed by atoms with E-state index in [1.54, 1.807) is 7.11 Å². The number of aromatic nitrogens is 2. The lowest BCUT2D eigenvalue weighted by Crippen LogP contribution is -2.67.